The molecule has 1 aliphatic heterocycles. The van der Waals surface area contributed by atoms with Crippen molar-refractivity contribution in [3.63, 3.8) is 0 Å². The summed E-state index contributed by atoms with van der Waals surface area (Å²) in [7, 11) is 0. The number of carboxylic acids is 1. The molecule has 4 nitrogen and oxygen atoms in total. The van der Waals surface area contributed by atoms with E-state index >= 15 is 0 Å². The van der Waals surface area contributed by atoms with Gasteiger partial charge in [0.2, 0.25) is 0 Å². The third-order valence-electron chi connectivity index (χ3n) is 3.33. The molecule has 8 heteroatoms. The Kier molecular flexibility index (Phi) is 3.72. The van der Waals surface area contributed by atoms with Crippen LogP contribution in [0.5, 0.6) is 0 Å². The highest BCUT2D eigenvalue weighted by Crippen LogP contribution is 2.39. The first-order chi connectivity index (χ1) is 9.13. The largest absolute Gasteiger partial charge is 0.480 e. The van der Waals surface area contributed by atoms with Crippen molar-refractivity contribution in [3.05, 3.63) is 28.2 Å². The summed E-state index contributed by atoms with van der Waals surface area (Å²) in [6.45, 7) is 0.0181. The molecule has 0 radical (unpaired) electrons. The average Bonchev–Trinajstić information content (AvgIpc) is 2.71. The standard InChI is InChI=1S/C12H12BrF3N2O2/c13-7-1-2-8(12(14,15)16)9(5-7)18-4-3-11(17,6-18)10(19)20/h1-2,5H,3-4,6,17H2,(H,19,20). The van der Waals surface area contributed by atoms with Gasteiger partial charge in [-0.3, -0.25) is 4.79 Å². The van der Waals surface area contributed by atoms with E-state index in [1.807, 2.05) is 0 Å². The molecule has 20 heavy (non-hydrogen) atoms. The van der Waals surface area contributed by atoms with Crippen LogP contribution < -0.4 is 10.6 Å². The van der Waals surface area contributed by atoms with Gasteiger partial charge in [0.1, 0.15) is 5.54 Å². The number of rotatable bonds is 2. The SMILES string of the molecule is NC1(C(=O)O)CCN(c2cc(Br)ccc2C(F)(F)F)C1. The number of hydrogen-bond donors (Lipinski definition) is 2. The number of aliphatic carboxylic acids is 1. The summed E-state index contributed by atoms with van der Waals surface area (Å²) in [6.07, 6.45) is -4.40. The van der Waals surface area contributed by atoms with Gasteiger partial charge in [0.15, 0.2) is 0 Å². The van der Waals surface area contributed by atoms with Crippen LogP contribution in [0.1, 0.15) is 12.0 Å². The summed E-state index contributed by atoms with van der Waals surface area (Å²) in [6, 6.07) is 3.60. The number of carboxylic acid groups (broad SMARTS) is 1. The maximum absolute atomic E-state index is 13.0. The topological polar surface area (TPSA) is 66.6 Å². The number of carbonyl (C=O) groups is 1. The van der Waals surface area contributed by atoms with E-state index in [9.17, 15) is 18.0 Å². The van der Waals surface area contributed by atoms with E-state index in [1.54, 1.807) is 0 Å². The van der Waals surface area contributed by atoms with Crippen LogP contribution >= 0.6 is 15.9 Å². The fourth-order valence-electron chi connectivity index (χ4n) is 2.22. The van der Waals surface area contributed by atoms with Crippen molar-refractivity contribution in [2.75, 3.05) is 18.0 Å². The summed E-state index contributed by atoms with van der Waals surface area (Å²) in [5, 5.41) is 9.04. The second-order valence-corrected chi connectivity index (χ2v) is 5.71. The molecular weight excluding hydrogens is 341 g/mol. The molecule has 1 saturated heterocycles. The van der Waals surface area contributed by atoms with Crippen molar-refractivity contribution < 1.29 is 23.1 Å². The Morgan fingerprint density at radius 3 is 2.60 bits per heavy atom. The zero-order chi connectivity index (χ0) is 15.1. The summed E-state index contributed by atoms with van der Waals surface area (Å²) < 4.78 is 39.5. The van der Waals surface area contributed by atoms with Crippen LogP contribution in [0.4, 0.5) is 18.9 Å². The molecule has 1 heterocycles. The minimum atomic E-state index is -4.50. The molecule has 1 aromatic rings. The third kappa shape index (κ3) is 2.76. The molecular formula is C12H12BrF3N2O2. The highest BCUT2D eigenvalue weighted by atomic mass is 79.9. The molecule has 0 spiro atoms. The minimum absolute atomic E-state index is 0.0551. The fraction of sp³-hybridized carbons (Fsp3) is 0.417. The number of nitrogens with two attached hydrogens (primary N) is 1. The second-order valence-electron chi connectivity index (χ2n) is 4.79. The first-order valence-electron chi connectivity index (χ1n) is 5.77. The van der Waals surface area contributed by atoms with Gasteiger partial charge in [-0.2, -0.15) is 13.2 Å². The Hall–Kier alpha value is -1.28. The summed E-state index contributed by atoms with van der Waals surface area (Å²) in [5.74, 6) is -1.21. The lowest BCUT2D eigenvalue weighted by atomic mass is 10.0. The van der Waals surface area contributed by atoms with E-state index in [4.69, 9.17) is 10.8 Å². The Bertz CT molecular complexity index is 550. The van der Waals surface area contributed by atoms with Crippen molar-refractivity contribution in [3.8, 4) is 0 Å². The monoisotopic (exact) mass is 352 g/mol. The van der Waals surface area contributed by atoms with E-state index in [0.717, 1.165) is 6.07 Å². The van der Waals surface area contributed by atoms with Gasteiger partial charge in [0.25, 0.3) is 0 Å². The molecule has 110 valence electrons. The van der Waals surface area contributed by atoms with Crippen molar-refractivity contribution in [2.24, 2.45) is 5.73 Å². The van der Waals surface area contributed by atoms with E-state index in [1.165, 1.54) is 17.0 Å². The molecule has 0 bridgehead atoms. The number of nitrogens with zero attached hydrogens (tertiary/aromatic N) is 1. The van der Waals surface area contributed by atoms with Crippen molar-refractivity contribution in [2.45, 2.75) is 18.1 Å². The van der Waals surface area contributed by atoms with E-state index in [-0.39, 0.29) is 25.2 Å². The molecule has 1 atom stereocenters. The summed E-state index contributed by atoms with van der Waals surface area (Å²) >= 11 is 3.13. The van der Waals surface area contributed by atoms with Gasteiger partial charge in [0, 0.05) is 17.6 Å². The predicted octanol–water partition coefficient (Wildman–Crippen LogP) is 2.46. The molecule has 1 aromatic carbocycles. The Morgan fingerprint density at radius 1 is 1.45 bits per heavy atom. The highest BCUT2D eigenvalue weighted by molar-refractivity contribution is 9.10. The third-order valence-corrected chi connectivity index (χ3v) is 3.83. The van der Waals surface area contributed by atoms with Gasteiger partial charge in [-0.1, -0.05) is 15.9 Å². The van der Waals surface area contributed by atoms with E-state index in [0.29, 0.717) is 4.47 Å². The number of halogens is 4. The van der Waals surface area contributed by atoms with Gasteiger partial charge < -0.3 is 15.7 Å². The van der Waals surface area contributed by atoms with Crippen LogP contribution in [0.2, 0.25) is 0 Å². The predicted molar refractivity (Wildman–Crippen MR) is 70.5 cm³/mol. The van der Waals surface area contributed by atoms with E-state index in [2.05, 4.69) is 15.9 Å². The fourth-order valence-corrected chi connectivity index (χ4v) is 2.57. The van der Waals surface area contributed by atoms with Gasteiger partial charge in [-0.25, -0.2) is 0 Å². The lowest BCUT2D eigenvalue weighted by Crippen LogP contribution is -2.50. The zero-order valence-corrected chi connectivity index (χ0v) is 11.8. The van der Waals surface area contributed by atoms with Gasteiger partial charge in [-0.15, -0.1) is 0 Å². The van der Waals surface area contributed by atoms with Gasteiger partial charge in [0.05, 0.1) is 11.3 Å². The summed E-state index contributed by atoms with van der Waals surface area (Å²) in [5.41, 5.74) is 3.33. The van der Waals surface area contributed by atoms with E-state index < -0.39 is 23.2 Å². The molecule has 3 N–H and O–H groups in total. The van der Waals surface area contributed by atoms with Crippen molar-refractivity contribution in [1.82, 2.24) is 0 Å². The lowest BCUT2D eigenvalue weighted by molar-refractivity contribution is -0.142. The van der Waals surface area contributed by atoms with Crippen LogP contribution in [0.25, 0.3) is 0 Å². The maximum Gasteiger partial charge on any atom is 0.418 e. The Labute approximate surface area is 121 Å². The van der Waals surface area contributed by atoms with Gasteiger partial charge in [-0.05, 0) is 24.6 Å². The van der Waals surface area contributed by atoms with Crippen molar-refractivity contribution >= 4 is 27.6 Å². The maximum atomic E-state index is 13.0. The second kappa shape index (κ2) is 4.92. The summed E-state index contributed by atoms with van der Waals surface area (Å²) in [4.78, 5) is 12.4. The molecule has 0 aromatic heterocycles. The first-order valence-corrected chi connectivity index (χ1v) is 6.57. The molecule has 0 aliphatic carbocycles. The zero-order valence-electron chi connectivity index (χ0n) is 10.2. The molecule has 0 amide bonds. The smallest absolute Gasteiger partial charge is 0.418 e. The van der Waals surface area contributed by atoms with Crippen LogP contribution in [0, 0.1) is 0 Å². The number of anilines is 1. The number of benzene rings is 1. The minimum Gasteiger partial charge on any atom is -0.480 e. The molecule has 0 saturated carbocycles. The quantitative estimate of drug-likeness (QED) is 0.857. The average molecular weight is 353 g/mol. The van der Waals surface area contributed by atoms with Crippen LogP contribution in [0.3, 0.4) is 0 Å². The first kappa shape index (κ1) is 15.1. The lowest BCUT2D eigenvalue weighted by Gasteiger charge is -2.25. The molecule has 1 aliphatic rings. The number of hydrogen-bond acceptors (Lipinski definition) is 3. The van der Waals surface area contributed by atoms with Crippen LogP contribution in [0.15, 0.2) is 22.7 Å². The number of alkyl halides is 3. The van der Waals surface area contributed by atoms with Crippen molar-refractivity contribution in [1.29, 1.82) is 0 Å². The molecule has 2 rings (SSSR count). The van der Waals surface area contributed by atoms with Crippen LogP contribution in [-0.2, 0) is 11.0 Å². The Morgan fingerprint density at radius 2 is 2.10 bits per heavy atom. The Balaban J connectivity index is 2.39. The van der Waals surface area contributed by atoms with Crippen LogP contribution in [-0.4, -0.2) is 29.7 Å². The normalized spacial score (nSPS) is 23.1. The van der Waals surface area contributed by atoms with Gasteiger partial charge >= 0.3 is 12.1 Å². The highest BCUT2D eigenvalue weighted by Gasteiger charge is 2.44. The molecule has 1 fully saturated rings. The molecule has 1 unspecified atom stereocenters.